The lowest BCUT2D eigenvalue weighted by atomic mass is 9.69. The Labute approximate surface area is 134 Å². The first-order chi connectivity index (χ1) is 10.4. The fraction of sp³-hybridized carbons (Fsp3) is 0.471. The molecule has 0 spiro atoms. The van der Waals surface area contributed by atoms with Crippen molar-refractivity contribution in [3.8, 4) is 11.4 Å². The zero-order chi connectivity index (χ0) is 15.5. The summed E-state index contributed by atoms with van der Waals surface area (Å²) in [7, 11) is 0. The third-order valence-corrected chi connectivity index (χ3v) is 5.14. The summed E-state index contributed by atoms with van der Waals surface area (Å²) in [6, 6.07) is 7.55. The minimum atomic E-state index is -0.369. The lowest BCUT2D eigenvalue weighted by Crippen LogP contribution is -2.52. The first-order valence-electron chi connectivity index (χ1n) is 7.60. The lowest BCUT2D eigenvalue weighted by Gasteiger charge is -2.52. The highest BCUT2D eigenvalue weighted by Crippen LogP contribution is 2.54. The summed E-state index contributed by atoms with van der Waals surface area (Å²) in [6.07, 6.45) is 2.06. The summed E-state index contributed by atoms with van der Waals surface area (Å²) >= 11 is 5.95. The monoisotopic (exact) mass is 315 g/mol. The Kier molecular flexibility index (Phi) is 2.88. The molecule has 114 valence electrons. The number of halogens is 1. The molecule has 4 nitrogen and oxygen atoms in total. The molecule has 5 heteroatoms. The van der Waals surface area contributed by atoms with Crippen molar-refractivity contribution in [1.82, 2.24) is 15.2 Å². The van der Waals surface area contributed by atoms with Crippen LogP contribution in [0.2, 0.25) is 5.02 Å². The highest BCUT2D eigenvalue weighted by atomic mass is 35.5. The molecule has 0 amide bonds. The van der Waals surface area contributed by atoms with Crippen molar-refractivity contribution in [2.75, 3.05) is 0 Å². The molecule has 2 aromatic rings. The van der Waals surface area contributed by atoms with Gasteiger partial charge in [-0.1, -0.05) is 11.6 Å². The van der Waals surface area contributed by atoms with Crippen LogP contribution < -0.4 is 0 Å². The highest BCUT2D eigenvalue weighted by molar-refractivity contribution is 6.30. The molecule has 5 rings (SSSR count). The summed E-state index contributed by atoms with van der Waals surface area (Å²) < 4.78 is 6.29. The van der Waals surface area contributed by atoms with E-state index < -0.39 is 0 Å². The molecular formula is C17H18ClN3O. The average Bonchev–Trinajstić information content (AvgIpc) is 2.46. The van der Waals surface area contributed by atoms with Crippen LogP contribution in [-0.4, -0.2) is 20.8 Å². The Balaban J connectivity index is 1.85. The molecule has 22 heavy (non-hydrogen) atoms. The Morgan fingerprint density at radius 2 is 1.86 bits per heavy atom. The van der Waals surface area contributed by atoms with E-state index in [2.05, 4.69) is 31.0 Å². The van der Waals surface area contributed by atoms with E-state index in [1.54, 1.807) is 0 Å². The molecule has 1 aromatic carbocycles. The smallest absolute Gasteiger partial charge is 0.182 e. The van der Waals surface area contributed by atoms with Crippen LogP contribution in [0.1, 0.15) is 50.9 Å². The van der Waals surface area contributed by atoms with Gasteiger partial charge in [-0.15, -0.1) is 10.2 Å². The van der Waals surface area contributed by atoms with Crippen molar-refractivity contribution < 1.29 is 4.74 Å². The minimum Gasteiger partial charge on any atom is -0.362 e. The van der Waals surface area contributed by atoms with Gasteiger partial charge >= 0.3 is 0 Å². The standard InChI is InChI=1S/C17H18ClN3O/c1-16(2)12-8-9-17(3,22-16)14-13(12)19-15(21-20-14)10-4-6-11(18)7-5-10/h4-7,12H,8-9H2,1-3H3. The van der Waals surface area contributed by atoms with Crippen LogP contribution in [0.15, 0.2) is 24.3 Å². The molecule has 3 heterocycles. The summed E-state index contributed by atoms with van der Waals surface area (Å²) in [5.41, 5.74) is 2.30. The predicted molar refractivity (Wildman–Crippen MR) is 84.8 cm³/mol. The van der Waals surface area contributed by atoms with Crippen LogP contribution >= 0.6 is 11.6 Å². The second-order valence-corrected chi connectivity index (χ2v) is 7.34. The molecule has 0 N–H and O–H groups in total. The lowest BCUT2D eigenvalue weighted by molar-refractivity contribution is -0.199. The summed E-state index contributed by atoms with van der Waals surface area (Å²) in [4.78, 5) is 4.84. The van der Waals surface area contributed by atoms with Crippen LogP contribution in [0.4, 0.5) is 0 Å². The number of benzene rings is 1. The van der Waals surface area contributed by atoms with Gasteiger partial charge in [0.25, 0.3) is 0 Å². The van der Waals surface area contributed by atoms with E-state index in [1.165, 1.54) is 0 Å². The molecule has 1 aromatic heterocycles. The number of fused-ring (bicyclic) bond motifs is 2. The molecule has 1 aliphatic carbocycles. The number of hydrogen-bond donors (Lipinski definition) is 0. The molecule has 1 saturated heterocycles. The fourth-order valence-electron chi connectivity index (χ4n) is 3.78. The Bertz CT molecular complexity index is 744. The maximum atomic E-state index is 6.29. The van der Waals surface area contributed by atoms with Gasteiger partial charge in [-0.3, -0.25) is 0 Å². The first kappa shape index (κ1) is 14.1. The molecule has 3 aliphatic rings. The van der Waals surface area contributed by atoms with Gasteiger partial charge in [-0.2, -0.15) is 0 Å². The van der Waals surface area contributed by atoms with Crippen LogP contribution in [-0.2, 0) is 10.3 Å². The van der Waals surface area contributed by atoms with Crippen molar-refractivity contribution in [2.24, 2.45) is 0 Å². The second-order valence-electron chi connectivity index (χ2n) is 6.90. The van der Waals surface area contributed by atoms with Crippen LogP contribution in [0.3, 0.4) is 0 Å². The molecule has 2 unspecified atom stereocenters. The number of nitrogens with zero attached hydrogens (tertiary/aromatic N) is 3. The van der Waals surface area contributed by atoms with E-state index in [0.29, 0.717) is 10.8 Å². The van der Waals surface area contributed by atoms with Crippen LogP contribution in [0.5, 0.6) is 0 Å². The van der Waals surface area contributed by atoms with Gasteiger partial charge in [0.15, 0.2) is 5.82 Å². The third kappa shape index (κ3) is 1.97. The van der Waals surface area contributed by atoms with Gasteiger partial charge in [0.2, 0.25) is 0 Å². The van der Waals surface area contributed by atoms with E-state index >= 15 is 0 Å². The highest BCUT2D eigenvalue weighted by Gasteiger charge is 2.54. The molecule has 0 saturated carbocycles. The number of ether oxygens (including phenoxy) is 1. The number of hydrogen-bond acceptors (Lipinski definition) is 4. The average molecular weight is 316 g/mol. The fourth-order valence-corrected chi connectivity index (χ4v) is 3.91. The summed E-state index contributed by atoms with van der Waals surface area (Å²) in [5, 5.41) is 9.49. The quantitative estimate of drug-likeness (QED) is 0.795. The predicted octanol–water partition coefficient (Wildman–Crippen LogP) is 4.09. The molecule has 1 fully saturated rings. The van der Waals surface area contributed by atoms with Crippen molar-refractivity contribution in [1.29, 1.82) is 0 Å². The van der Waals surface area contributed by atoms with Gasteiger partial charge in [-0.05, 0) is 57.9 Å². The maximum Gasteiger partial charge on any atom is 0.182 e. The van der Waals surface area contributed by atoms with Crippen LogP contribution in [0.25, 0.3) is 11.4 Å². The molecule has 0 radical (unpaired) electrons. The van der Waals surface area contributed by atoms with Gasteiger partial charge in [0.05, 0.1) is 11.3 Å². The van der Waals surface area contributed by atoms with E-state index in [-0.39, 0.29) is 17.1 Å². The van der Waals surface area contributed by atoms with E-state index in [1.807, 2.05) is 24.3 Å². The van der Waals surface area contributed by atoms with E-state index in [0.717, 1.165) is 29.8 Å². The maximum absolute atomic E-state index is 6.29. The van der Waals surface area contributed by atoms with Gasteiger partial charge in [-0.25, -0.2) is 4.98 Å². The van der Waals surface area contributed by atoms with Crippen molar-refractivity contribution >= 4 is 11.6 Å². The number of aromatic nitrogens is 3. The largest absolute Gasteiger partial charge is 0.362 e. The van der Waals surface area contributed by atoms with Crippen molar-refractivity contribution in [3.63, 3.8) is 0 Å². The Hall–Kier alpha value is -1.52. The third-order valence-electron chi connectivity index (χ3n) is 4.88. The molecular weight excluding hydrogens is 298 g/mol. The second kappa shape index (κ2) is 4.49. The molecule has 2 bridgehead atoms. The van der Waals surface area contributed by atoms with Crippen LogP contribution in [0, 0.1) is 0 Å². The molecule has 2 aliphatic heterocycles. The van der Waals surface area contributed by atoms with Gasteiger partial charge < -0.3 is 4.74 Å². The summed E-state index contributed by atoms with van der Waals surface area (Å²) in [6.45, 7) is 6.38. The normalized spacial score (nSPS) is 28.5. The summed E-state index contributed by atoms with van der Waals surface area (Å²) in [5.74, 6) is 0.924. The van der Waals surface area contributed by atoms with E-state index in [4.69, 9.17) is 21.3 Å². The van der Waals surface area contributed by atoms with Gasteiger partial charge in [0.1, 0.15) is 11.3 Å². The van der Waals surface area contributed by atoms with Crippen molar-refractivity contribution in [2.45, 2.75) is 50.7 Å². The van der Waals surface area contributed by atoms with Crippen molar-refractivity contribution in [3.05, 3.63) is 40.7 Å². The zero-order valence-electron chi connectivity index (χ0n) is 12.9. The van der Waals surface area contributed by atoms with E-state index in [9.17, 15) is 0 Å². The first-order valence-corrected chi connectivity index (χ1v) is 7.98. The number of rotatable bonds is 1. The Morgan fingerprint density at radius 1 is 1.14 bits per heavy atom. The molecule has 2 atom stereocenters. The zero-order valence-corrected chi connectivity index (χ0v) is 13.7. The topological polar surface area (TPSA) is 47.9 Å². The minimum absolute atomic E-state index is 0.215. The Morgan fingerprint density at radius 3 is 2.55 bits per heavy atom. The SMILES string of the molecule is CC12CCC(c3nc(-c4ccc(Cl)cc4)nnc31)C(C)(C)O2. The van der Waals surface area contributed by atoms with Gasteiger partial charge in [0, 0.05) is 16.5 Å².